The molecule has 2 aliphatic heterocycles. The van der Waals surface area contributed by atoms with Gasteiger partial charge in [0.15, 0.2) is 0 Å². The maximum Gasteiger partial charge on any atom is 0.229 e. The standard InChI is InChI=1S/C17H22ClN5O.C7H16N2O/c18-14-3-1-4-15(13-14)21-17-20-7-5-16(22-17)19-6-2-8-23-9-11-24-12-10-23;8-2-1-3-9-4-6-10-7-5-9/h1,3-5,7,13H,2,6,8-12H2,(H2,19,20,21,22);1-8H2. The highest BCUT2D eigenvalue weighted by molar-refractivity contribution is 6.30. The lowest BCUT2D eigenvalue weighted by atomic mass is 10.3. The summed E-state index contributed by atoms with van der Waals surface area (Å²) in [6, 6.07) is 9.36. The molecule has 0 bridgehead atoms. The van der Waals surface area contributed by atoms with E-state index in [0.717, 1.165) is 103 Å². The van der Waals surface area contributed by atoms with E-state index in [-0.39, 0.29) is 0 Å². The van der Waals surface area contributed by atoms with E-state index in [9.17, 15) is 0 Å². The molecule has 0 saturated carbocycles. The molecule has 2 aromatic rings. The van der Waals surface area contributed by atoms with Gasteiger partial charge in [0.05, 0.1) is 26.4 Å². The molecule has 4 N–H and O–H groups in total. The summed E-state index contributed by atoms with van der Waals surface area (Å²) in [5.74, 6) is 1.37. The molecule has 1 aromatic carbocycles. The highest BCUT2D eigenvalue weighted by Crippen LogP contribution is 2.18. The van der Waals surface area contributed by atoms with Crippen LogP contribution in [0.25, 0.3) is 0 Å². The number of hydrogen-bond acceptors (Lipinski definition) is 9. The first kappa shape index (κ1) is 26.6. The van der Waals surface area contributed by atoms with Crippen molar-refractivity contribution in [2.24, 2.45) is 5.73 Å². The molecule has 2 saturated heterocycles. The largest absolute Gasteiger partial charge is 0.379 e. The second-order valence-electron chi connectivity index (χ2n) is 8.23. The molecule has 0 atom stereocenters. The van der Waals surface area contributed by atoms with Crippen LogP contribution in [0.1, 0.15) is 12.8 Å². The Hall–Kier alpha value is -2.01. The zero-order chi connectivity index (χ0) is 23.8. The first-order valence-corrected chi connectivity index (χ1v) is 12.5. The van der Waals surface area contributed by atoms with Crippen molar-refractivity contribution in [3.63, 3.8) is 0 Å². The Bertz CT molecular complexity index is 817. The zero-order valence-electron chi connectivity index (χ0n) is 19.9. The van der Waals surface area contributed by atoms with Gasteiger partial charge >= 0.3 is 0 Å². The van der Waals surface area contributed by atoms with Gasteiger partial charge in [0.25, 0.3) is 0 Å². The van der Waals surface area contributed by atoms with Gasteiger partial charge in [-0.05, 0) is 56.7 Å². The second-order valence-corrected chi connectivity index (χ2v) is 8.67. The van der Waals surface area contributed by atoms with E-state index in [1.807, 2.05) is 30.3 Å². The minimum atomic E-state index is 0.551. The predicted octanol–water partition coefficient (Wildman–Crippen LogP) is 2.68. The molecule has 0 radical (unpaired) electrons. The number of nitrogens with one attached hydrogen (secondary N) is 2. The summed E-state index contributed by atoms with van der Waals surface area (Å²) >= 11 is 5.99. The van der Waals surface area contributed by atoms with Crippen molar-refractivity contribution < 1.29 is 9.47 Å². The molecular formula is C24H38ClN7O2. The molecule has 0 aliphatic carbocycles. The van der Waals surface area contributed by atoms with Crippen molar-refractivity contribution in [1.82, 2.24) is 19.8 Å². The first-order chi connectivity index (χ1) is 16.7. The number of aromatic nitrogens is 2. The molecule has 10 heteroatoms. The number of halogens is 1. The van der Waals surface area contributed by atoms with Crippen LogP contribution in [0.2, 0.25) is 5.02 Å². The molecule has 34 heavy (non-hydrogen) atoms. The van der Waals surface area contributed by atoms with E-state index < -0.39 is 0 Å². The topological polar surface area (TPSA) is 101 Å². The van der Waals surface area contributed by atoms with Gasteiger partial charge in [-0.3, -0.25) is 9.80 Å². The number of morpholine rings is 2. The molecule has 0 spiro atoms. The minimum absolute atomic E-state index is 0.551. The highest BCUT2D eigenvalue weighted by atomic mass is 35.5. The lowest BCUT2D eigenvalue weighted by Crippen LogP contribution is -2.37. The predicted molar refractivity (Wildman–Crippen MR) is 138 cm³/mol. The number of nitrogens with zero attached hydrogens (tertiary/aromatic N) is 4. The molecule has 3 heterocycles. The molecular weight excluding hydrogens is 454 g/mol. The van der Waals surface area contributed by atoms with Crippen molar-refractivity contribution in [2.75, 3.05) is 89.4 Å². The second kappa shape index (κ2) is 15.8. The Balaban J connectivity index is 0.000000271. The fourth-order valence-corrected chi connectivity index (χ4v) is 3.89. The average molecular weight is 492 g/mol. The smallest absolute Gasteiger partial charge is 0.229 e. The molecule has 0 unspecified atom stereocenters. The van der Waals surface area contributed by atoms with Gasteiger partial charge in [-0.1, -0.05) is 17.7 Å². The molecule has 4 rings (SSSR count). The first-order valence-electron chi connectivity index (χ1n) is 12.1. The molecule has 9 nitrogen and oxygen atoms in total. The van der Waals surface area contributed by atoms with Gasteiger partial charge in [0, 0.05) is 49.6 Å². The van der Waals surface area contributed by atoms with E-state index in [1.165, 1.54) is 0 Å². The quantitative estimate of drug-likeness (QED) is 0.433. The summed E-state index contributed by atoms with van der Waals surface area (Å²) in [6.07, 6.45) is 3.92. The monoisotopic (exact) mass is 491 g/mol. The van der Waals surface area contributed by atoms with Gasteiger partial charge in [0.2, 0.25) is 5.95 Å². The van der Waals surface area contributed by atoms with Crippen molar-refractivity contribution in [3.05, 3.63) is 41.6 Å². The third kappa shape index (κ3) is 10.5. The van der Waals surface area contributed by atoms with Crippen molar-refractivity contribution in [1.29, 1.82) is 0 Å². The van der Waals surface area contributed by atoms with Crippen LogP contribution in [-0.2, 0) is 9.47 Å². The van der Waals surface area contributed by atoms with Crippen molar-refractivity contribution in [3.8, 4) is 0 Å². The van der Waals surface area contributed by atoms with E-state index in [1.54, 1.807) is 6.20 Å². The number of hydrogen-bond donors (Lipinski definition) is 3. The molecule has 2 fully saturated rings. The van der Waals surface area contributed by atoms with Crippen molar-refractivity contribution in [2.45, 2.75) is 12.8 Å². The van der Waals surface area contributed by atoms with Crippen LogP contribution in [0.15, 0.2) is 36.5 Å². The van der Waals surface area contributed by atoms with Gasteiger partial charge in [-0.15, -0.1) is 0 Å². The number of anilines is 3. The molecule has 0 amide bonds. The lowest BCUT2D eigenvalue weighted by Gasteiger charge is -2.26. The van der Waals surface area contributed by atoms with Crippen LogP contribution in [0.5, 0.6) is 0 Å². The van der Waals surface area contributed by atoms with Crippen LogP contribution in [0, 0.1) is 0 Å². The summed E-state index contributed by atoms with van der Waals surface area (Å²) in [5, 5.41) is 7.18. The van der Waals surface area contributed by atoms with Crippen LogP contribution >= 0.6 is 11.6 Å². The SMILES string of the molecule is Clc1cccc(Nc2nccc(NCCCN3CCOCC3)n2)c1.NCCCN1CCOCC1. The third-order valence-corrected chi connectivity index (χ3v) is 5.81. The Kier molecular flexibility index (Phi) is 12.4. The Morgan fingerprint density at radius 2 is 1.62 bits per heavy atom. The van der Waals surface area contributed by atoms with Crippen LogP contribution in [-0.4, -0.2) is 98.6 Å². The van der Waals surface area contributed by atoms with Crippen LogP contribution < -0.4 is 16.4 Å². The van der Waals surface area contributed by atoms with Gasteiger partial charge in [-0.2, -0.15) is 4.98 Å². The van der Waals surface area contributed by atoms with Gasteiger partial charge in [0.1, 0.15) is 5.82 Å². The summed E-state index contributed by atoms with van der Waals surface area (Å²) in [5.41, 5.74) is 6.26. The average Bonchev–Trinajstić information content (AvgIpc) is 2.87. The zero-order valence-corrected chi connectivity index (χ0v) is 20.7. The van der Waals surface area contributed by atoms with Crippen LogP contribution in [0.3, 0.4) is 0 Å². The van der Waals surface area contributed by atoms with E-state index >= 15 is 0 Å². The Morgan fingerprint density at radius 3 is 2.26 bits per heavy atom. The number of nitrogens with two attached hydrogens (primary N) is 1. The van der Waals surface area contributed by atoms with E-state index in [0.29, 0.717) is 11.0 Å². The molecule has 1 aromatic heterocycles. The molecule has 188 valence electrons. The number of rotatable bonds is 10. The number of ether oxygens (including phenoxy) is 2. The minimum Gasteiger partial charge on any atom is -0.379 e. The van der Waals surface area contributed by atoms with Crippen molar-refractivity contribution >= 4 is 29.1 Å². The maximum atomic E-state index is 5.99. The summed E-state index contributed by atoms with van der Waals surface area (Å²) in [4.78, 5) is 13.5. The number of benzene rings is 1. The fraction of sp³-hybridized carbons (Fsp3) is 0.583. The van der Waals surface area contributed by atoms with Gasteiger partial charge < -0.3 is 25.8 Å². The fourth-order valence-electron chi connectivity index (χ4n) is 3.70. The Labute approximate surface area is 208 Å². The van der Waals surface area contributed by atoms with Gasteiger partial charge in [-0.25, -0.2) is 4.98 Å². The Morgan fingerprint density at radius 1 is 0.941 bits per heavy atom. The summed E-state index contributed by atoms with van der Waals surface area (Å²) in [7, 11) is 0. The molecule has 2 aliphatic rings. The van der Waals surface area contributed by atoms with Crippen LogP contribution in [0.4, 0.5) is 17.5 Å². The normalized spacial score (nSPS) is 17.0. The summed E-state index contributed by atoms with van der Waals surface area (Å²) < 4.78 is 10.6. The van der Waals surface area contributed by atoms with E-state index in [4.69, 9.17) is 26.8 Å². The third-order valence-electron chi connectivity index (χ3n) is 5.58. The summed E-state index contributed by atoms with van der Waals surface area (Å²) in [6.45, 7) is 11.6. The van der Waals surface area contributed by atoms with E-state index in [2.05, 4.69) is 30.4 Å². The lowest BCUT2D eigenvalue weighted by molar-refractivity contribution is 0.0377. The maximum absolute atomic E-state index is 5.99. The highest BCUT2D eigenvalue weighted by Gasteiger charge is 2.09.